The molecule has 27 heavy (non-hydrogen) atoms. The van der Waals surface area contributed by atoms with Crippen molar-refractivity contribution in [2.45, 2.75) is 32.3 Å². The number of nitrogens with zero attached hydrogens (tertiary/aromatic N) is 1. The lowest BCUT2D eigenvalue weighted by molar-refractivity contribution is -0.384. The van der Waals surface area contributed by atoms with Gasteiger partial charge in [0.2, 0.25) is 0 Å². The van der Waals surface area contributed by atoms with Crippen molar-refractivity contribution >= 4 is 33.9 Å². The number of thiophene rings is 1. The van der Waals surface area contributed by atoms with E-state index in [2.05, 4.69) is 5.32 Å². The molecule has 0 bridgehead atoms. The summed E-state index contributed by atoms with van der Waals surface area (Å²) in [5, 5.41) is 24.0. The van der Waals surface area contributed by atoms with Crippen molar-refractivity contribution in [3.05, 3.63) is 55.9 Å². The van der Waals surface area contributed by atoms with Gasteiger partial charge in [0.05, 0.1) is 23.2 Å². The number of non-ortho nitro benzene ring substituents is 1. The van der Waals surface area contributed by atoms with Crippen molar-refractivity contribution in [2.75, 3.05) is 11.9 Å². The van der Waals surface area contributed by atoms with Gasteiger partial charge in [-0.15, -0.1) is 11.3 Å². The molecule has 1 aliphatic rings. The fourth-order valence-corrected chi connectivity index (χ4v) is 4.27. The second-order valence-corrected chi connectivity index (χ2v) is 7.09. The van der Waals surface area contributed by atoms with E-state index in [1.807, 2.05) is 0 Å². The Balaban J connectivity index is 1.92. The Kier molecular flexibility index (Phi) is 5.52. The van der Waals surface area contributed by atoms with Crippen LogP contribution in [0.15, 0.2) is 24.3 Å². The van der Waals surface area contributed by atoms with Crippen molar-refractivity contribution in [2.24, 2.45) is 0 Å². The smallest absolute Gasteiger partial charge is 0.341 e. The maximum Gasteiger partial charge on any atom is 0.341 e. The van der Waals surface area contributed by atoms with Crippen LogP contribution in [-0.2, 0) is 11.2 Å². The number of rotatable bonds is 5. The minimum Gasteiger partial charge on any atom is -0.462 e. The Morgan fingerprint density at radius 2 is 2.07 bits per heavy atom. The van der Waals surface area contributed by atoms with Gasteiger partial charge in [-0.2, -0.15) is 0 Å². The molecule has 1 heterocycles. The van der Waals surface area contributed by atoms with E-state index in [0.717, 1.165) is 23.3 Å². The van der Waals surface area contributed by atoms with Gasteiger partial charge in [0.15, 0.2) is 0 Å². The maximum atomic E-state index is 12.5. The average Bonchev–Trinajstić information content (AvgIpc) is 3.01. The number of hydrogen-bond acceptors (Lipinski definition) is 7. The number of nitro benzene ring substituents is 1. The largest absolute Gasteiger partial charge is 0.462 e. The number of carbonyl (C=O) groups is 2. The number of fused-ring (bicyclic) bond motifs is 1. The van der Waals surface area contributed by atoms with Crippen LogP contribution < -0.4 is 5.32 Å². The number of carbonyl (C=O) groups excluding carboxylic acids is 2. The molecule has 8 nitrogen and oxygen atoms in total. The monoisotopic (exact) mass is 390 g/mol. The van der Waals surface area contributed by atoms with Crippen molar-refractivity contribution in [1.29, 1.82) is 0 Å². The van der Waals surface area contributed by atoms with E-state index < -0.39 is 22.9 Å². The minimum absolute atomic E-state index is 0.117. The number of esters is 1. The van der Waals surface area contributed by atoms with E-state index in [0.29, 0.717) is 22.7 Å². The molecule has 3 rings (SSSR count). The van der Waals surface area contributed by atoms with E-state index in [1.54, 1.807) is 6.92 Å². The fraction of sp³-hybridized carbons (Fsp3) is 0.333. The summed E-state index contributed by atoms with van der Waals surface area (Å²) >= 11 is 1.16. The zero-order chi connectivity index (χ0) is 19.6. The zero-order valence-electron chi connectivity index (χ0n) is 14.6. The topological polar surface area (TPSA) is 119 Å². The van der Waals surface area contributed by atoms with Gasteiger partial charge in [-0.05, 0) is 43.9 Å². The van der Waals surface area contributed by atoms with Crippen LogP contribution in [0.2, 0.25) is 0 Å². The third kappa shape index (κ3) is 3.83. The van der Waals surface area contributed by atoms with Crippen LogP contribution in [0.5, 0.6) is 0 Å². The lowest BCUT2D eigenvalue weighted by Gasteiger charge is -2.17. The minimum atomic E-state index is -0.669. The molecule has 0 saturated heterocycles. The molecule has 0 unspecified atom stereocenters. The first-order chi connectivity index (χ1) is 12.9. The van der Waals surface area contributed by atoms with Gasteiger partial charge in [0, 0.05) is 22.6 Å². The summed E-state index contributed by atoms with van der Waals surface area (Å²) in [6.07, 6.45) is 1.31. The number of hydrogen-bond donors (Lipinski definition) is 2. The van der Waals surface area contributed by atoms with Crippen molar-refractivity contribution in [1.82, 2.24) is 0 Å². The van der Waals surface area contributed by atoms with E-state index in [-0.39, 0.29) is 23.4 Å². The van der Waals surface area contributed by atoms with Crippen LogP contribution in [0.3, 0.4) is 0 Å². The number of amides is 1. The summed E-state index contributed by atoms with van der Waals surface area (Å²) < 4.78 is 5.12. The molecule has 1 aromatic carbocycles. The molecule has 1 aromatic heterocycles. The third-order valence-corrected chi connectivity index (χ3v) is 5.54. The third-order valence-electron chi connectivity index (χ3n) is 4.29. The maximum absolute atomic E-state index is 12.5. The van der Waals surface area contributed by atoms with E-state index >= 15 is 0 Å². The summed E-state index contributed by atoms with van der Waals surface area (Å²) in [5.41, 5.74) is 1.11. The first-order valence-electron chi connectivity index (χ1n) is 8.49. The van der Waals surface area contributed by atoms with Crippen molar-refractivity contribution < 1.29 is 24.4 Å². The number of nitrogens with one attached hydrogen (secondary N) is 1. The van der Waals surface area contributed by atoms with Crippen molar-refractivity contribution in [3.63, 3.8) is 0 Å². The molecule has 9 heteroatoms. The second-order valence-electron chi connectivity index (χ2n) is 6.04. The SMILES string of the molecule is CCOC(=O)c1c(NC(=O)c2ccc([N+](=O)[O-])cc2)sc2c1CCC[C@H]2O. The van der Waals surface area contributed by atoms with Gasteiger partial charge in [-0.1, -0.05) is 0 Å². The highest BCUT2D eigenvalue weighted by Gasteiger charge is 2.31. The van der Waals surface area contributed by atoms with Crippen LogP contribution >= 0.6 is 11.3 Å². The number of benzene rings is 1. The summed E-state index contributed by atoms with van der Waals surface area (Å²) in [5.74, 6) is -1.04. The number of aliphatic hydroxyl groups is 1. The Morgan fingerprint density at radius 3 is 2.70 bits per heavy atom. The van der Waals surface area contributed by atoms with Gasteiger partial charge in [0.25, 0.3) is 11.6 Å². The molecule has 1 atom stereocenters. The number of ether oxygens (including phenoxy) is 1. The van der Waals surface area contributed by atoms with Crippen LogP contribution in [0.4, 0.5) is 10.7 Å². The molecule has 0 aliphatic heterocycles. The molecule has 1 aliphatic carbocycles. The molecular weight excluding hydrogens is 372 g/mol. The molecule has 2 N–H and O–H groups in total. The predicted octanol–water partition coefficient (Wildman–Crippen LogP) is 3.46. The molecule has 142 valence electrons. The van der Waals surface area contributed by atoms with E-state index in [4.69, 9.17) is 4.74 Å². The lowest BCUT2D eigenvalue weighted by Crippen LogP contribution is -2.16. The van der Waals surface area contributed by atoms with Gasteiger partial charge in [-0.25, -0.2) is 4.79 Å². The lowest BCUT2D eigenvalue weighted by atomic mass is 9.93. The summed E-state index contributed by atoms with van der Waals surface area (Å²) in [4.78, 5) is 35.8. The highest BCUT2D eigenvalue weighted by Crippen LogP contribution is 2.43. The molecule has 2 aromatic rings. The van der Waals surface area contributed by atoms with Gasteiger partial charge in [0.1, 0.15) is 5.00 Å². The fourth-order valence-electron chi connectivity index (χ4n) is 3.02. The standard InChI is InChI=1S/C18H18N2O6S/c1-2-26-18(23)14-12-4-3-5-13(21)15(12)27-17(14)19-16(22)10-6-8-11(9-7-10)20(24)25/h6-9,13,21H,2-5H2,1H3,(H,19,22)/t13-/m1/s1. The molecule has 1 amide bonds. The van der Waals surface area contributed by atoms with Gasteiger partial charge >= 0.3 is 5.97 Å². The summed E-state index contributed by atoms with van der Waals surface area (Å²) in [7, 11) is 0. The van der Waals surface area contributed by atoms with Crippen LogP contribution in [-0.4, -0.2) is 28.5 Å². The highest BCUT2D eigenvalue weighted by molar-refractivity contribution is 7.17. The number of anilines is 1. The van der Waals surface area contributed by atoms with Gasteiger partial charge < -0.3 is 15.2 Å². The molecular formula is C18H18N2O6S. The quantitative estimate of drug-likeness (QED) is 0.458. The Bertz CT molecular complexity index is 890. The normalized spacial score (nSPS) is 15.7. The zero-order valence-corrected chi connectivity index (χ0v) is 15.4. The Labute approximate surface area is 158 Å². The number of aliphatic hydroxyl groups excluding tert-OH is 1. The van der Waals surface area contributed by atoms with Crippen LogP contribution in [0.25, 0.3) is 0 Å². The van der Waals surface area contributed by atoms with Crippen molar-refractivity contribution in [3.8, 4) is 0 Å². The molecule has 0 saturated carbocycles. The second kappa shape index (κ2) is 7.85. The highest BCUT2D eigenvalue weighted by atomic mass is 32.1. The van der Waals surface area contributed by atoms with Gasteiger partial charge in [-0.3, -0.25) is 14.9 Å². The van der Waals surface area contributed by atoms with Crippen LogP contribution in [0, 0.1) is 10.1 Å². The Morgan fingerprint density at radius 1 is 1.37 bits per heavy atom. The predicted molar refractivity (Wildman–Crippen MR) is 99.2 cm³/mol. The molecule has 0 fully saturated rings. The van der Waals surface area contributed by atoms with E-state index in [9.17, 15) is 24.8 Å². The first kappa shape index (κ1) is 19.0. The molecule has 0 spiro atoms. The molecule has 0 radical (unpaired) electrons. The van der Waals surface area contributed by atoms with Crippen LogP contribution in [0.1, 0.15) is 57.0 Å². The van der Waals surface area contributed by atoms with E-state index in [1.165, 1.54) is 24.3 Å². The summed E-state index contributed by atoms with van der Waals surface area (Å²) in [6, 6.07) is 5.18. The summed E-state index contributed by atoms with van der Waals surface area (Å²) in [6.45, 7) is 1.89. The Hall–Kier alpha value is -2.78. The average molecular weight is 390 g/mol. The number of nitro groups is 1. The first-order valence-corrected chi connectivity index (χ1v) is 9.30.